The first-order chi connectivity index (χ1) is 12.7. The second kappa shape index (κ2) is 9.48. The van der Waals surface area contributed by atoms with Gasteiger partial charge in [0.05, 0.1) is 18.8 Å². The number of hydrogen-bond donors (Lipinski definition) is 0. The maximum absolute atomic E-state index is 13.8. The van der Waals surface area contributed by atoms with Crippen molar-refractivity contribution in [1.29, 1.82) is 5.26 Å². The number of benzene rings is 1. The van der Waals surface area contributed by atoms with Crippen LogP contribution in [-0.2, 0) is 9.47 Å². The molecule has 2 fully saturated rings. The average molecular weight is 359 g/mol. The third kappa shape index (κ3) is 4.84. The van der Waals surface area contributed by atoms with Crippen LogP contribution in [0.3, 0.4) is 0 Å². The van der Waals surface area contributed by atoms with E-state index in [4.69, 9.17) is 14.7 Å². The number of nitrogens with zero attached hydrogens (tertiary/aromatic N) is 1. The van der Waals surface area contributed by atoms with E-state index in [1.807, 2.05) is 6.07 Å². The van der Waals surface area contributed by atoms with E-state index < -0.39 is 12.1 Å². The molecule has 0 aromatic heterocycles. The van der Waals surface area contributed by atoms with Crippen LogP contribution in [0.5, 0.6) is 0 Å². The van der Waals surface area contributed by atoms with Crippen molar-refractivity contribution in [2.45, 2.75) is 64.6 Å². The molecular formula is C22H30FNO2. The highest BCUT2D eigenvalue weighted by atomic mass is 19.1. The van der Waals surface area contributed by atoms with Gasteiger partial charge in [-0.1, -0.05) is 51.5 Å². The van der Waals surface area contributed by atoms with Crippen LogP contribution in [0.2, 0.25) is 0 Å². The fourth-order valence-electron chi connectivity index (χ4n) is 4.38. The number of nitriles is 1. The van der Waals surface area contributed by atoms with Crippen molar-refractivity contribution in [1.82, 2.24) is 0 Å². The molecule has 1 saturated heterocycles. The summed E-state index contributed by atoms with van der Waals surface area (Å²) < 4.78 is 25.6. The van der Waals surface area contributed by atoms with Crippen LogP contribution >= 0.6 is 0 Å². The Morgan fingerprint density at radius 2 is 1.81 bits per heavy atom. The Bertz CT molecular complexity index is 611. The molecule has 142 valence electrons. The molecule has 3 rings (SSSR count). The molecule has 3 nitrogen and oxygen atoms in total. The predicted molar refractivity (Wildman–Crippen MR) is 98.8 cm³/mol. The molecular weight excluding hydrogens is 329 g/mol. The van der Waals surface area contributed by atoms with Crippen LogP contribution in [0.15, 0.2) is 18.2 Å². The lowest BCUT2D eigenvalue weighted by Gasteiger charge is -2.38. The highest BCUT2D eigenvalue weighted by Crippen LogP contribution is 2.38. The standard InChI is InChI=1S/C22H30FNO2/c1-2-3-4-5-16-6-8-17(9-7-16)20-14-25-22(26-15-20)18-10-11-19(13-24)21(23)12-18/h10-12,16-17,20,22H,2-9,14-15H2,1H3. The van der Waals surface area contributed by atoms with E-state index in [1.54, 1.807) is 6.07 Å². The molecule has 1 saturated carbocycles. The molecule has 0 spiro atoms. The fraction of sp³-hybridized carbons (Fsp3) is 0.682. The molecule has 0 bridgehead atoms. The largest absolute Gasteiger partial charge is 0.348 e. The number of unbranched alkanes of at least 4 members (excludes halogenated alkanes) is 2. The second-order valence-corrected chi connectivity index (χ2v) is 7.89. The molecule has 1 aliphatic carbocycles. The minimum Gasteiger partial charge on any atom is -0.348 e. The molecule has 1 aliphatic heterocycles. The third-order valence-electron chi connectivity index (χ3n) is 6.08. The third-order valence-corrected chi connectivity index (χ3v) is 6.08. The summed E-state index contributed by atoms with van der Waals surface area (Å²) in [6, 6.07) is 6.40. The molecule has 26 heavy (non-hydrogen) atoms. The zero-order valence-corrected chi connectivity index (χ0v) is 15.8. The van der Waals surface area contributed by atoms with Gasteiger partial charge in [-0.15, -0.1) is 0 Å². The van der Waals surface area contributed by atoms with Gasteiger partial charge < -0.3 is 9.47 Å². The Morgan fingerprint density at radius 3 is 2.42 bits per heavy atom. The second-order valence-electron chi connectivity index (χ2n) is 7.89. The lowest BCUT2D eigenvalue weighted by atomic mass is 9.74. The Kier molecular flexibility index (Phi) is 7.05. The van der Waals surface area contributed by atoms with Gasteiger partial charge in [-0.05, 0) is 36.8 Å². The highest BCUT2D eigenvalue weighted by molar-refractivity contribution is 5.33. The van der Waals surface area contributed by atoms with E-state index >= 15 is 0 Å². The van der Waals surface area contributed by atoms with Crippen molar-refractivity contribution in [3.8, 4) is 6.07 Å². The zero-order valence-electron chi connectivity index (χ0n) is 15.8. The average Bonchev–Trinajstić information content (AvgIpc) is 2.69. The van der Waals surface area contributed by atoms with Gasteiger partial charge in [-0.25, -0.2) is 4.39 Å². The first kappa shape index (κ1) is 19.3. The molecule has 4 heteroatoms. The van der Waals surface area contributed by atoms with Crippen LogP contribution in [0.4, 0.5) is 4.39 Å². The van der Waals surface area contributed by atoms with Crippen molar-refractivity contribution in [2.24, 2.45) is 17.8 Å². The first-order valence-electron chi connectivity index (χ1n) is 10.1. The van der Waals surface area contributed by atoms with Crippen LogP contribution in [0.1, 0.15) is 75.7 Å². The summed E-state index contributed by atoms with van der Waals surface area (Å²) in [4.78, 5) is 0. The Morgan fingerprint density at radius 1 is 1.08 bits per heavy atom. The van der Waals surface area contributed by atoms with E-state index in [0.29, 0.717) is 30.6 Å². The Hall–Kier alpha value is -1.44. The summed E-state index contributed by atoms with van der Waals surface area (Å²) >= 11 is 0. The van der Waals surface area contributed by atoms with Crippen LogP contribution in [0.25, 0.3) is 0 Å². The molecule has 0 unspecified atom stereocenters. The van der Waals surface area contributed by atoms with Gasteiger partial charge in [0.25, 0.3) is 0 Å². The summed E-state index contributed by atoms with van der Waals surface area (Å²) in [6.07, 6.45) is 10.2. The van der Waals surface area contributed by atoms with Crippen molar-refractivity contribution < 1.29 is 13.9 Å². The summed E-state index contributed by atoms with van der Waals surface area (Å²) in [5.74, 6) is 1.54. The van der Waals surface area contributed by atoms with Gasteiger partial charge in [-0.2, -0.15) is 5.26 Å². The number of rotatable bonds is 6. The topological polar surface area (TPSA) is 42.2 Å². The summed E-state index contributed by atoms with van der Waals surface area (Å²) in [5, 5.41) is 8.83. The Labute approximate surface area is 156 Å². The van der Waals surface area contributed by atoms with Crippen molar-refractivity contribution in [3.63, 3.8) is 0 Å². The van der Waals surface area contributed by atoms with E-state index in [9.17, 15) is 4.39 Å². The van der Waals surface area contributed by atoms with Gasteiger partial charge in [0.1, 0.15) is 11.9 Å². The normalized spacial score (nSPS) is 29.3. The maximum Gasteiger partial charge on any atom is 0.183 e. The minimum absolute atomic E-state index is 0.0538. The minimum atomic E-state index is -0.515. The van der Waals surface area contributed by atoms with Crippen molar-refractivity contribution in [2.75, 3.05) is 13.2 Å². The molecule has 0 amide bonds. The fourth-order valence-corrected chi connectivity index (χ4v) is 4.38. The highest BCUT2D eigenvalue weighted by Gasteiger charge is 2.32. The molecule has 1 aromatic carbocycles. The van der Waals surface area contributed by atoms with Crippen molar-refractivity contribution >= 4 is 0 Å². The zero-order chi connectivity index (χ0) is 18.4. The molecule has 0 N–H and O–H groups in total. The Balaban J connectivity index is 1.44. The van der Waals surface area contributed by atoms with Gasteiger partial charge >= 0.3 is 0 Å². The smallest absolute Gasteiger partial charge is 0.183 e. The lowest BCUT2D eigenvalue weighted by molar-refractivity contribution is -0.214. The van der Waals surface area contributed by atoms with Gasteiger partial charge in [0.15, 0.2) is 6.29 Å². The first-order valence-corrected chi connectivity index (χ1v) is 10.1. The maximum atomic E-state index is 13.8. The summed E-state index contributed by atoms with van der Waals surface area (Å²) in [6.45, 7) is 3.62. The summed E-state index contributed by atoms with van der Waals surface area (Å²) in [7, 11) is 0. The van der Waals surface area contributed by atoms with Crippen LogP contribution < -0.4 is 0 Å². The molecule has 2 aliphatic rings. The van der Waals surface area contributed by atoms with Crippen LogP contribution in [0, 0.1) is 34.9 Å². The molecule has 1 aromatic rings. The van der Waals surface area contributed by atoms with Gasteiger partial charge in [0.2, 0.25) is 0 Å². The molecule has 0 atom stereocenters. The van der Waals surface area contributed by atoms with E-state index in [1.165, 1.54) is 63.5 Å². The number of ether oxygens (including phenoxy) is 2. The van der Waals surface area contributed by atoms with Gasteiger partial charge in [-0.3, -0.25) is 0 Å². The number of halogens is 1. The van der Waals surface area contributed by atoms with Crippen LogP contribution in [-0.4, -0.2) is 13.2 Å². The lowest BCUT2D eigenvalue weighted by Crippen LogP contribution is -2.34. The SMILES string of the molecule is CCCCCC1CCC(C2COC(c3ccc(C#N)c(F)c3)OC2)CC1. The predicted octanol–water partition coefficient (Wildman–Crippen LogP) is 5.75. The van der Waals surface area contributed by atoms with Crippen molar-refractivity contribution in [3.05, 3.63) is 35.1 Å². The summed E-state index contributed by atoms with van der Waals surface area (Å²) in [5.41, 5.74) is 0.706. The molecule has 0 radical (unpaired) electrons. The van der Waals surface area contributed by atoms with E-state index in [0.717, 1.165) is 5.92 Å². The number of hydrogen-bond acceptors (Lipinski definition) is 3. The van der Waals surface area contributed by atoms with Gasteiger partial charge in [0, 0.05) is 11.5 Å². The quantitative estimate of drug-likeness (QED) is 0.608. The monoisotopic (exact) mass is 359 g/mol. The van der Waals surface area contributed by atoms with E-state index in [-0.39, 0.29) is 5.56 Å². The van der Waals surface area contributed by atoms with E-state index in [2.05, 4.69) is 6.92 Å². The molecule has 1 heterocycles.